The Balaban J connectivity index is 2.27. The summed E-state index contributed by atoms with van der Waals surface area (Å²) in [6.45, 7) is 8.39. The fraction of sp³-hybridized carbons (Fsp3) is 1.00. The second-order valence-corrected chi connectivity index (χ2v) is 6.42. The van der Waals surface area contributed by atoms with Crippen LogP contribution in [0.15, 0.2) is 0 Å². The first-order valence-corrected chi connectivity index (χ1v) is 7.17. The molecule has 1 N–H and O–H groups in total. The van der Waals surface area contributed by atoms with Crippen LogP contribution >= 0.6 is 11.8 Å². The standard InChI is InChI=1S/C12H25NS/c1-10-9-12(2,3)6-5-11(10)13-7-8-14-4/h10-11,13H,5-9H2,1-4H3. The monoisotopic (exact) mass is 215 g/mol. The van der Waals surface area contributed by atoms with Crippen LogP contribution in [0.1, 0.15) is 40.0 Å². The first-order chi connectivity index (χ1) is 6.55. The van der Waals surface area contributed by atoms with E-state index in [2.05, 4.69) is 32.3 Å². The van der Waals surface area contributed by atoms with Gasteiger partial charge in [-0.25, -0.2) is 0 Å². The average molecular weight is 215 g/mol. The number of hydrogen-bond acceptors (Lipinski definition) is 2. The molecule has 0 aromatic rings. The Hall–Kier alpha value is 0.310. The zero-order valence-corrected chi connectivity index (χ0v) is 10.9. The molecule has 1 aliphatic rings. The smallest absolute Gasteiger partial charge is 0.00934 e. The molecule has 0 heterocycles. The highest BCUT2D eigenvalue weighted by Gasteiger charge is 2.31. The van der Waals surface area contributed by atoms with Gasteiger partial charge in [-0.15, -0.1) is 0 Å². The van der Waals surface area contributed by atoms with Crippen molar-refractivity contribution in [2.45, 2.75) is 46.1 Å². The quantitative estimate of drug-likeness (QED) is 0.723. The second-order valence-electron chi connectivity index (χ2n) is 5.44. The van der Waals surface area contributed by atoms with Gasteiger partial charge in [0, 0.05) is 18.3 Å². The third-order valence-corrected chi connectivity index (χ3v) is 4.02. The lowest BCUT2D eigenvalue weighted by molar-refractivity contribution is 0.150. The van der Waals surface area contributed by atoms with Gasteiger partial charge in [0.25, 0.3) is 0 Å². The van der Waals surface area contributed by atoms with E-state index in [4.69, 9.17) is 0 Å². The first kappa shape index (κ1) is 12.4. The number of nitrogens with one attached hydrogen (secondary N) is 1. The Morgan fingerprint density at radius 2 is 2.14 bits per heavy atom. The van der Waals surface area contributed by atoms with Gasteiger partial charge in [-0.1, -0.05) is 20.8 Å². The highest BCUT2D eigenvalue weighted by molar-refractivity contribution is 7.98. The summed E-state index contributed by atoms with van der Waals surface area (Å²) in [4.78, 5) is 0. The predicted molar refractivity (Wildman–Crippen MR) is 67.0 cm³/mol. The molecule has 1 aliphatic carbocycles. The first-order valence-electron chi connectivity index (χ1n) is 5.77. The third-order valence-electron chi connectivity index (χ3n) is 3.41. The Labute approximate surface area is 93.4 Å². The van der Waals surface area contributed by atoms with E-state index in [-0.39, 0.29) is 0 Å². The van der Waals surface area contributed by atoms with Gasteiger partial charge in [-0.05, 0) is 36.9 Å². The summed E-state index contributed by atoms with van der Waals surface area (Å²) < 4.78 is 0. The second kappa shape index (κ2) is 5.41. The molecule has 2 unspecified atom stereocenters. The van der Waals surface area contributed by atoms with Crippen LogP contribution < -0.4 is 5.32 Å². The molecule has 0 saturated heterocycles. The Morgan fingerprint density at radius 1 is 1.43 bits per heavy atom. The lowest BCUT2D eigenvalue weighted by Crippen LogP contribution is -2.42. The molecular weight excluding hydrogens is 190 g/mol. The molecule has 0 aromatic carbocycles. The SMILES string of the molecule is CSCCNC1CCC(C)(C)CC1C. The number of thioether (sulfide) groups is 1. The Kier molecular flexibility index (Phi) is 4.78. The third kappa shape index (κ3) is 3.82. The molecular formula is C12H25NS. The van der Waals surface area contributed by atoms with Gasteiger partial charge in [0.05, 0.1) is 0 Å². The highest BCUT2D eigenvalue weighted by Crippen LogP contribution is 2.38. The van der Waals surface area contributed by atoms with Gasteiger partial charge in [-0.3, -0.25) is 0 Å². The van der Waals surface area contributed by atoms with Crippen LogP contribution in [0.25, 0.3) is 0 Å². The minimum absolute atomic E-state index is 0.580. The topological polar surface area (TPSA) is 12.0 Å². The normalized spacial score (nSPS) is 31.7. The van der Waals surface area contributed by atoms with Crippen molar-refractivity contribution in [3.8, 4) is 0 Å². The molecule has 0 amide bonds. The van der Waals surface area contributed by atoms with Crippen molar-refractivity contribution in [2.24, 2.45) is 11.3 Å². The van der Waals surface area contributed by atoms with Gasteiger partial charge in [0.2, 0.25) is 0 Å². The zero-order chi connectivity index (χ0) is 10.6. The maximum absolute atomic E-state index is 3.69. The van der Waals surface area contributed by atoms with Gasteiger partial charge < -0.3 is 5.32 Å². The van der Waals surface area contributed by atoms with Crippen molar-refractivity contribution in [3.63, 3.8) is 0 Å². The predicted octanol–water partition coefficient (Wildman–Crippen LogP) is 3.15. The van der Waals surface area contributed by atoms with Gasteiger partial charge in [-0.2, -0.15) is 11.8 Å². The van der Waals surface area contributed by atoms with E-state index < -0.39 is 0 Å². The summed E-state index contributed by atoms with van der Waals surface area (Å²) in [5.74, 6) is 2.09. The maximum Gasteiger partial charge on any atom is 0.00934 e. The fourth-order valence-corrected chi connectivity index (χ4v) is 2.92. The lowest BCUT2D eigenvalue weighted by Gasteiger charge is -2.39. The van der Waals surface area contributed by atoms with Crippen molar-refractivity contribution < 1.29 is 0 Å². The summed E-state index contributed by atoms with van der Waals surface area (Å²) >= 11 is 1.93. The molecule has 2 atom stereocenters. The Bertz CT molecular complexity index is 168. The number of hydrogen-bond donors (Lipinski definition) is 1. The average Bonchev–Trinajstić information content (AvgIpc) is 2.08. The molecule has 0 radical (unpaired) electrons. The summed E-state index contributed by atoms with van der Waals surface area (Å²) in [6.07, 6.45) is 6.30. The summed E-state index contributed by atoms with van der Waals surface area (Å²) in [5, 5.41) is 3.69. The van der Waals surface area contributed by atoms with E-state index in [1.54, 1.807) is 0 Å². The van der Waals surface area contributed by atoms with Crippen molar-refractivity contribution >= 4 is 11.8 Å². The molecule has 1 nitrogen and oxygen atoms in total. The zero-order valence-electron chi connectivity index (χ0n) is 10.1. The van der Waals surface area contributed by atoms with Crippen LogP contribution in [0.3, 0.4) is 0 Å². The molecule has 1 fully saturated rings. The minimum Gasteiger partial charge on any atom is -0.313 e. The van der Waals surface area contributed by atoms with E-state index in [9.17, 15) is 0 Å². The highest BCUT2D eigenvalue weighted by atomic mass is 32.2. The van der Waals surface area contributed by atoms with Crippen molar-refractivity contribution in [3.05, 3.63) is 0 Å². The number of rotatable bonds is 4. The largest absolute Gasteiger partial charge is 0.313 e. The van der Waals surface area contributed by atoms with Gasteiger partial charge in [0.15, 0.2) is 0 Å². The van der Waals surface area contributed by atoms with E-state index in [1.165, 1.54) is 31.6 Å². The molecule has 1 rings (SSSR count). The molecule has 0 aliphatic heterocycles. The van der Waals surface area contributed by atoms with Crippen LogP contribution in [0.5, 0.6) is 0 Å². The molecule has 0 bridgehead atoms. The summed E-state index contributed by atoms with van der Waals surface area (Å²) in [5.41, 5.74) is 0.580. The van der Waals surface area contributed by atoms with E-state index in [0.717, 1.165) is 12.0 Å². The minimum atomic E-state index is 0.580. The van der Waals surface area contributed by atoms with E-state index in [0.29, 0.717) is 5.41 Å². The lowest BCUT2D eigenvalue weighted by atomic mass is 9.70. The summed E-state index contributed by atoms with van der Waals surface area (Å²) in [7, 11) is 0. The molecule has 2 heteroatoms. The summed E-state index contributed by atoms with van der Waals surface area (Å²) in [6, 6.07) is 0.773. The van der Waals surface area contributed by atoms with E-state index >= 15 is 0 Å². The molecule has 1 saturated carbocycles. The van der Waals surface area contributed by atoms with Crippen LogP contribution in [0.4, 0.5) is 0 Å². The van der Waals surface area contributed by atoms with Crippen LogP contribution in [-0.2, 0) is 0 Å². The molecule has 0 spiro atoms. The maximum atomic E-state index is 3.69. The Morgan fingerprint density at radius 3 is 2.71 bits per heavy atom. The van der Waals surface area contributed by atoms with Crippen molar-refractivity contribution in [2.75, 3.05) is 18.6 Å². The van der Waals surface area contributed by atoms with Crippen molar-refractivity contribution in [1.29, 1.82) is 0 Å². The van der Waals surface area contributed by atoms with Crippen LogP contribution in [0, 0.1) is 11.3 Å². The van der Waals surface area contributed by atoms with Crippen LogP contribution in [0.2, 0.25) is 0 Å². The molecule has 14 heavy (non-hydrogen) atoms. The van der Waals surface area contributed by atoms with Gasteiger partial charge in [0.1, 0.15) is 0 Å². The van der Waals surface area contributed by atoms with Gasteiger partial charge >= 0.3 is 0 Å². The molecule has 84 valence electrons. The fourth-order valence-electron chi connectivity index (χ4n) is 2.60. The van der Waals surface area contributed by atoms with Crippen molar-refractivity contribution in [1.82, 2.24) is 5.32 Å². The van der Waals surface area contributed by atoms with E-state index in [1.807, 2.05) is 11.8 Å². The van der Waals surface area contributed by atoms with Crippen LogP contribution in [-0.4, -0.2) is 24.6 Å². The molecule has 0 aromatic heterocycles.